The molecule has 2 fully saturated rings. The standard InChI is InChI=1S/C14H23N3/c1-11-9-15-16-14(11)12-5-4-8-17(10-12)13-6-2-3-7-13/h9,12-13H,2-8,10H2,1H3,(H,15,16)/t12-/m1/s1. The van der Waals surface area contributed by atoms with Gasteiger partial charge in [0.25, 0.3) is 0 Å². The lowest BCUT2D eigenvalue weighted by atomic mass is 9.92. The Morgan fingerprint density at radius 2 is 2.06 bits per heavy atom. The fourth-order valence-corrected chi connectivity index (χ4v) is 3.61. The number of aromatic nitrogens is 2. The third-order valence-electron chi connectivity index (χ3n) is 4.57. The molecule has 1 atom stereocenters. The minimum Gasteiger partial charge on any atom is -0.300 e. The maximum absolute atomic E-state index is 4.18. The van der Waals surface area contributed by atoms with Gasteiger partial charge in [0.1, 0.15) is 0 Å². The van der Waals surface area contributed by atoms with Crippen molar-refractivity contribution in [1.29, 1.82) is 0 Å². The molecule has 3 heteroatoms. The summed E-state index contributed by atoms with van der Waals surface area (Å²) in [7, 11) is 0. The van der Waals surface area contributed by atoms with E-state index in [1.54, 1.807) is 0 Å². The molecule has 2 heterocycles. The van der Waals surface area contributed by atoms with Crippen LogP contribution in [0.3, 0.4) is 0 Å². The third-order valence-corrected chi connectivity index (χ3v) is 4.57. The molecule has 3 nitrogen and oxygen atoms in total. The Morgan fingerprint density at radius 1 is 1.24 bits per heavy atom. The minimum absolute atomic E-state index is 0.687. The summed E-state index contributed by atoms with van der Waals surface area (Å²) < 4.78 is 0. The van der Waals surface area contributed by atoms with Crippen molar-refractivity contribution in [3.8, 4) is 0 Å². The molecule has 1 aliphatic heterocycles. The molecule has 0 unspecified atom stereocenters. The van der Waals surface area contributed by atoms with Crippen LogP contribution in [0.15, 0.2) is 6.20 Å². The lowest BCUT2D eigenvalue weighted by Crippen LogP contribution is -2.40. The first-order valence-electron chi connectivity index (χ1n) is 7.08. The van der Waals surface area contributed by atoms with Crippen LogP contribution in [0.25, 0.3) is 0 Å². The fraction of sp³-hybridized carbons (Fsp3) is 0.786. The van der Waals surface area contributed by atoms with E-state index in [1.807, 2.05) is 6.20 Å². The zero-order valence-electron chi connectivity index (χ0n) is 10.8. The van der Waals surface area contributed by atoms with Crippen LogP contribution in [0.5, 0.6) is 0 Å². The molecule has 3 rings (SSSR count). The summed E-state index contributed by atoms with van der Waals surface area (Å²) in [5.41, 5.74) is 2.72. The predicted octanol–water partition coefficient (Wildman–Crippen LogP) is 2.84. The summed E-state index contributed by atoms with van der Waals surface area (Å²) in [5.74, 6) is 0.687. The lowest BCUT2D eigenvalue weighted by Gasteiger charge is -2.36. The molecule has 0 bridgehead atoms. The number of piperidine rings is 1. The topological polar surface area (TPSA) is 31.9 Å². The smallest absolute Gasteiger partial charge is 0.0519 e. The molecule has 1 saturated heterocycles. The summed E-state index contributed by atoms with van der Waals surface area (Å²) in [4.78, 5) is 2.74. The van der Waals surface area contributed by atoms with E-state index in [0.717, 1.165) is 6.04 Å². The van der Waals surface area contributed by atoms with Crippen LogP contribution < -0.4 is 0 Å². The van der Waals surface area contributed by atoms with Gasteiger partial charge >= 0.3 is 0 Å². The van der Waals surface area contributed by atoms with E-state index in [0.29, 0.717) is 5.92 Å². The van der Waals surface area contributed by atoms with Crippen molar-refractivity contribution >= 4 is 0 Å². The largest absolute Gasteiger partial charge is 0.300 e. The number of likely N-dealkylation sites (tertiary alicyclic amines) is 1. The molecule has 0 amide bonds. The Morgan fingerprint density at radius 3 is 2.76 bits per heavy atom. The normalized spacial score (nSPS) is 27.7. The first-order valence-corrected chi connectivity index (χ1v) is 7.08. The van der Waals surface area contributed by atoms with E-state index in [2.05, 4.69) is 22.0 Å². The molecular formula is C14H23N3. The summed E-state index contributed by atoms with van der Waals surface area (Å²) in [6, 6.07) is 0.876. The van der Waals surface area contributed by atoms with Gasteiger partial charge in [-0.2, -0.15) is 5.10 Å². The van der Waals surface area contributed by atoms with E-state index in [9.17, 15) is 0 Å². The van der Waals surface area contributed by atoms with Crippen LogP contribution in [0.2, 0.25) is 0 Å². The van der Waals surface area contributed by atoms with E-state index in [1.165, 1.54) is 62.9 Å². The Bertz CT molecular complexity index is 365. The molecule has 1 N–H and O–H groups in total. The Labute approximate surface area is 104 Å². The van der Waals surface area contributed by atoms with Gasteiger partial charge in [-0.1, -0.05) is 12.8 Å². The molecule has 1 aliphatic carbocycles. The van der Waals surface area contributed by atoms with Crippen molar-refractivity contribution in [2.45, 2.75) is 57.4 Å². The second-order valence-corrected chi connectivity index (χ2v) is 5.74. The predicted molar refractivity (Wildman–Crippen MR) is 69.1 cm³/mol. The summed E-state index contributed by atoms with van der Waals surface area (Å²) in [6.45, 7) is 4.73. The number of hydrogen-bond donors (Lipinski definition) is 1. The maximum Gasteiger partial charge on any atom is 0.0519 e. The molecule has 0 radical (unpaired) electrons. The first kappa shape index (κ1) is 11.3. The second-order valence-electron chi connectivity index (χ2n) is 5.74. The average molecular weight is 233 g/mol. The van der Waals surface area contributed by atoms with Gasteiger partial charge in [-0.25, -0.2) is 0 Å². The van der Waals surface area contributed by atoms with E-state index in [4.69, 9.17) is 0 Å². The second kappa shape index (κ2) is 4.81. The van der Waals surface area contributed by atoms with Crippen LogP contribution in [0.1, 0.15) is 55.7 Å². The number of H-pyrrole nitrogens is 1. The van der Waals surface area contributed by atoms with Crippen LogP contribution in [0, 0.1) is 6.92 Å². The van der Waals surface area contributed by atoms with Gasteiger partial charge in [0.05, 0.1) is 6.20 Å². The van der Waals surface area contributed by atoms with Crippen molar-refractivity contribution in [2.75, 3.05) is 13.1 Å². The number of hydrogen-bond acceptors (Lipinski definition) is 2. The minimum atomic E-state index is 0.687. The van der Waals surface area contributed by atoms with Gasteiger partial charge < -0.3 is 0 Å². The molecule has 1 saturated carbocycles. The van der Waals surface area contributed by atoms with Gasteiger partial charge in [-0.15, -0.1) is 0 Å². The van der Waals surface area contributed by atoms with E-state index < -0.39 is 0 Å². The molecule has 94 valence electrons. The summed E-state index contributed by atoms with van der Waals surface area (Å²) in [5, 5.41) is 7.39. The van der Waals surface area contributed by atoms with Crippen molar-refractivity contribution in [3.05, 3.63) is 17.5 Å². The van der Waals surface area contributed by atoms with Crippen molar-refractivity contribution in [3.63, 3.8) is 0 Å². The molecular weight excluding hydrogens is 210 g/mol. The number of nitrogens with zero attached hydrogens (tertiary/aromatic N) is 2. The molecule has 0 spiro atoms. The fourth-order valence-electron chi connectivity index (χ4n) is 3.61. The monoisotopic (exact) mass is 233 g/mol. The highest BCUT2D eigenvalue weighted by molar-refractivity contribution is 5.19. The Balaban J connectivity index is 1.69. The van der Waals surface area contributed by atoms with Crippen molar-refractivity contribution in [2.24, 2.45) is 0 Å². The number of rotatable bonds is 2. The highest BCUT2D eigenvalue weighted by atomic mass is 15.2. The Hall–Kier alpha value is -0.830. The van der Waals surface area contributed by atoms with Gasteiger partial charge in [-0.05, 0) is 44.7 Å². The quantitative estimate of drug-likeness (QED) is 0.851. The van der Waals surface area contributed by atoms with Crippen LogP contribution in [-0.2, 0) is 0 Å². The van der Waals surface area contributed by atoms with Gasteiger partial charge in [-0.3, -0.25) is 10.00 Å². The summed E-state index contributed by atoms with van der Waals surface area (Å²) >= 11 is 0. The van der Waals surface area contributed by atoms with Crippen molar-refractivity contribution in [1.82, 2.24) is 15.1 Å². The number of nitrogens with one attached hydrogen (secondary N) is 1. The number of aryl methyl sites for hydroxylation is 1. The zero-order valence-corrected chi connectivity index (χ0v) is 10.8. The highest BCUT2D eigenvalue weighted by Gasteiger charge is 2.29. The number of aromatic amines is 1. The SMILES string of the molecule is Cc1cn[nH]c1[C@@H]1CCCN(C2CCCC2)C1. The van der Waals surface area contributed by atoms with E-state index >= 15 is 0 Å². The average Bonchev–Trinajstić information content (AvgIpc) is 2.99. The highest BCUT2D eigenvalue weighted by Crippen LogP contribution is 2.32. The maximum atomic E-state index is 4.18. The van der Waals surface area contributed by atoms with Crippen LogP contribution in [-0.4, -0.2) is 34.2 Å². The molecule has 1 aromatic heterocycles. The zero-order chi connectivity index (χ0) is 11.7. The van der Waals surface area contributed by atoms with E-state index in [-0.39, 0.29) is 0 Å². The lowest BCUT2D eigenvalue weighted by molar-refractivity contribution is 0.148. The van der Waals surface area contributed by atoms with Gasteiger partial charge in [0.2, 0.25) is 0 Å². The third kappa shape index (κ3) is 2.25. The van der Waals surface area contributed by atoms with Crippen LogP contribution in [0.4, 0.5) is 0 Å². The molecule has 2 aliphatic rings. The first-order chi connectivity index (χ1) is 8.34. The Kier molecular flexibility index (Phi) is 3.19. The molecule has 17 heavy (non-hydrogen) atoms. The van der Waals surface area contributed by atoms with Gasteiger partial charge in [0.15, 0.2) is 0 Å². The van der Waals surface area contributed by atoms with Gasteiger partial charge in [0, 0.05) is 24.2 Å². The van der Waals surface area contributed by atoms with Crippen molar-refractivity contribution < 1.29 is 0 Å². The molecule has 1 aromatic rings. The molecule has 0 aromatic carbocycles. The summed E-state index contributed by atoms with van der Waals surface area (Å²) in [6.07, 6.45) is 10.4. The van der Waals surface area contributed by atoms with Crippen LogP contribution >= 0.6 is 0 Å².